The lowest BCUT2D eigenvalue weighted by molar-refractivity contribution is -0.142. The van der Waals surface area contributed by atoms with Crippen LogP contribution in [0.1, 0.15) is 35.6 Å². The van der Waals surface area contributed by atoms with Crippen LogP contribution >= 0.6 is 34.8 Å². The van der Waals surface area contributed by atoms with Crippen molar-refractivity contribution in [3.63, 3.8) is 0 Å². The van der Waals surface area contributed by atoms with Crippen LogP contribution < -0.4 is 15.2 Å². The van der Waals surface area contributed by atoms with Gasteiger partial charge in [0.1, 0.15) is 11.5 Å². The molecule has 3 aromatic carbocycles. The molecule has 0 radical (unpaired) electrons. The van der Waals surface area contributed by atoms with E-state index in [1.807, 2.05) is 0 Å². The smallest absolute Gasteiger partial charge is 0.433 e. The van der Waals surface area contributed by atoms with Gasteiger partial charge < -0.3 is 9.84 Å². The number of hydrogen-bond donors (Lipinski definition) is 2. The standard InChI is InChI=1S/C40H30Cl3F4N5O6/c1-50(34-27(42)13-14-30(48-34)40(45,46)47)52-35(54)24-12-11-23-25(31(24)37(52)56)17-26-36(55)51(49-22-9-7-21(44)8-10-22)38(57)39(26,19-3-5-20(41)6-4-19)32(23)18-15-28(43)33(53)29(16-18)58-2/h3-11,13-16,24-26,31-32,49,53H,12,17H2,1-2H3/t24-,25+,26-,31-,32-,39+/m0/s1. The number of fused-ring (bicyclic) bond motifs is 4. The number of anilines is 2. The molecular formula is C40H30Cl3F4N5O6. The number of phenols is 1. The number of nitrogens with zero attached hydrogens (tertiary/aromatic N) is 4. The van der Waals surface area contributed by atoms with E-state index in [0.717, 1.165) is 33.2 Å². The molecule has 300 valence electrons. The van der Waals surface area contributed by atoms with Gasteiger partial charge >= 0.3 is 6.18 Å². The van der Waals surface area contributed by atoms with Gasteiger partial charge in [-0.2, -0.15) is 23.2 Å². The maximum absolute atomic E-state index is 15.3. The molecule has 11 nitrogen and oxygen atoms in total. The third-order valence-corrected chi connectivity index (χ3v) is 12.4. The molecule has 2 aliphatic heterocycles. The molecule has 1 saturated carbocycles. The topological polar surface area (TPSA) is 132 Å². The first-order valence-electron chi connectivity index (χ1n) is 17.8. The molecule has 0 unspecified atom stereocenters. The van der Waals surface area contributed by atoms with Crippen LogP contribution in [0.5, 0.6) is 11.5 Å². The summed E-state index contributed by atoms with van der Waals surface area (Å²) < 4.78 is 60.5. The molecule has 0 bridgehead atoms. The summed E-state index contributed by atoms with van der Waals surface area (Å²) in [6.45, 7) is 0. The monoisotopic (exact) mass is 857 g/mol. The first kappa shape index (κ1) is 39.4. The molecule has 3 heterocycles. The number of hydrogen-bond acceptors (Lipinski definition) is 9. The van der Waals surface area contributed by atoms with E-state index in [2.05, 4.69) is 10.4 Å². The number of aromatic hydroxyl groups is 1. The number of allylic oxidation sites excluding steroid dienone is 2. The minimum Gasteiger partial charge on any atom is -0.503 e. The summed E-state index contributed by atoms with van der Waals surface area (Å²) in [4.78, 5) is 62.7. The number of carbonyl (C=O) groups is 4. The molecule has 3 fully saturated rings. The Balaban J connectivity index is 1.30. The fraction of sp³-hybridized carbons (Fsp3) is 0.275. The SMILES string of the molecule is COc1cc([C@H]2C3=CC[C@@H]4C(=O)N(N(C)c5nc(C(F)(F)F)ccc5Cl)C(=O)[C@@H]4[C@@H]3C[C@H]3C(=O)N(Nc4ccc(F)cc4)C(=O)[C@@]23c2ccc(Cl)cc2)cc(Cl)c1O. The molecule has 58 heavy (non-hydrogen) atoms. The number of methoxy groups -OCH3 is 1. The highest BCUT2D eigenvalue weighted by Gasteiger charge is 2.70. The summed E-state index contributed by atoms with van der Waals surface area (Å²) >= 11 is 19.2. The van der Waals surface area contributed by atoms with Crippen molar-refractivity contribution in [2.24, 2.45) is 23.7 Å². The van der Waals surface area contributed by atoms with E-state index in [9.17, 15) is 37.1 Å². The van der Waals surface area contributed by atoms with Gasteiger partial charge in [0.25, 0.3) is 23.6 Å². The summed E-state index contributed by atoms with van der Waals surface area (Å²) in [5, 5.41) is 13.2. The largest absolute Gasteiger partial charge is 0.503 e. The van der Waals surface area contributed by atoms with Crippen molar-refractivity contribution in [3.05, 3.63) is 122 Å². The Hall–Kier alpha value is -5.38. The highest BCUT2D eigenvalue weighted by molar-refractivity contribution is 6.33. The fourth-order valence-electron chi connectivity index (χ4n) is 9.14. The lowest BCUT2D eigenvalue weighted by Crippen LogP contribution is -2.53. The Morgan fingerprint density at radius 2 is 1.60 bits per heavy atom. The van der Waals surface area contributed by atoms with Gasteiger partial charge in [0.05, 0.1) is 46.0 Å². The number of halogens is 7. The van der Waals surface area contributed by atoms with Crippen LogP contribution in [0.15, 0.2) is 84.4 Å². The predicted molar refractivity (Wildman–Crippen MR) is 203 cm³/mol. The second-order valence-corrected chi connectivity index (χ2v) is 15.7. The van der Waals surface area contributed by atoms with Gasteiger partial charge in [-0.05, 0) is 90.6 Å². The van der Waals surface area contributed by atoms with E-state index < -0.39 is 82.1 Å². The summed E-state index contributed by atoms with van der Waals surface area (Å²) in [6.07, 6.45) is -3.28. The summed E-state index contributed by atoms with van der Waals surface area (Å²) in [5.41, 5.74) is 1.20. The molecular weight excluding hydrogens is 829 g/mol. The molecule has 4 aliphatic rings. The molecule has 1 aromatic heterocycles. The predicted octanol–water partition coefficient (Wildman–Crippen LogP) is 7.95. The number of imide groups is 2. The van der Waals surface area contributed by atoms with Crippen molar-refractivity contribution in [2.45, 2.75) is 30.4 Å². The van der Waals surface area contributed by atoms with Crippen molar-refractivity contribution < 1.29 is 46.6 Å². The Morgan fingerprint density at radius 1 is 0.914 bits per heavy atom. The van der Waals surface area contributed by atoms with Crippen LogP contribution in [-0.2, 0) is 30.8 Å². The number of phenolic OH excluding ortho intramolecular Hbond substituents is 1. The summed E-state index contributed by atoms with van der Waals surface area (Å²) in [7, 11) is 2.51. The molecule has 2 aliphatic carbocycles. The average Bonchev–Trinajstić information content (AvgIpc) is 3.57. The van der Waals surface area contributed by atoms with Crippen LogP contribution in [0.2, 0.25) is 15.1 Å². The number of rotatable bonds is 7. The second-order valence-electron chi connectivity index (χ2n) is 14.4. The number of pyridine rings is 1. The lowest BCUT2D eigenvalue weighted by atomic mass is 9.49. The van der Waals surface area contributed by atoms with Gasteiger partial charge in [-0.3, -0.25) is 29.6 Å². The van der Waals surface area contributed by atoms with E-state index >= 15 is 4.79 Å². The summed E-state index contributed by atoms with van der Waals surface area (Å²) in [6, 6.07) is 15.9. The number of nitrogens with one attached hydrogen (secondary N) is 1. The van der Waals surface area contributed by atoms with Gasteiger partial charge in [-0.1, -0.05) is 58.6 Å². The lowest BCUT2D eigenvalue weighted by Gasteiger charge is -2.50. The van der Waals surface area contributed by atoms with Crippen LogP contribution in [-0.4, -0.2) is 57.9 Å². The first-order valence-corrected chi connectivity index (χ1v) is 18.9. The molecule has 8 rings (SSSR count). The van der Waals surface area contributed by atoms with Gasteiger partial charge in [0.2, 0.25) is 0 Å². The minimum atomic E-state index is -4.86. The van der Waals surface area contributed by atoms with Gasteiger partial charge in [-0.25, -0.2) is 9.37 Å². The highest BCUT2D eigenvalue weighted by atomic mass is 35.5. The normalized spacial score (nSPS) is 25.3. The van der Waals surface area contributed by atoms with Crippen molar-refractivity contribution in [1.29, 1.82) is 0 Å². The van der Waals surface area contributed by atoms with Gasteiger partial charge in [-0.15, -0.1) is 0 Å². The number of alkyl halides is 3. The highest BCUT2D eigenvalue weighted by Crippen LogP contribution is 2.65. The number of aromatic nitrogens is 1. The molecule has 0 spiro atoms. The second kappa shape index (κ2) is 14.2. The molecule has 18 heteroatoms. The van der Waals surface area contributed by atoms with Crippen molar-refractivity contribution in [3.8, 4) is 11.5 Å². The number of carbonyl (C=O) groups excluding carboxylic acids is 4. The molecule has 4 aromatic rings. The van der Waals surface area contributed by atoms with E-state index in [0.29, 0.717) is 27.8 Å². The van der Waals surface area contributed by atoms with Crippen molar-refractivity contribution in [2.75, 3.05) is 24.6 Å². The van der Waals surface area contributed by atoms with Crippen LogP contribution in [0.25, 0.3) is 0 Å². The van der Waals surface area contributed by atoms with Gasteiger partial charge in [0.15, 0.2) is 17.3 Å². The molecule has 4 amide bonds. The van der Waals surface area contributed by atoms with Crippen molar-refractivity contribution in [1.82, 2.24) is 15.0 Å². The average molecular weight is 859 g/mol. The maximum atomic E-state index is 15.3. The van der Waals surface area contributed by atoms with E-state index in [1.54, 1.807) is 30.3 Å². The molecule has 2 saturated heterocycles. The third kappa shape index (κ3) is 5.96. The van der Waals surface area contributed by atoms with Crippen LogP contribution in [0.4, 0.5) is 29.1 Å². The van der Waals surface area contributed by atoms with Gasteiger partial charge in [0, 0.05) is 18.0 Å². The zero-order valence-electron chi connectivity index (χ0n) is 30.2. The molecule has 6 atom stereocenters. The fourth-order valence-corrected chi connectivity index (χ4v) is 9.71. The van der Waals surface area contributed by atoms with Crippen LogP contribution in [0, 0.1) is 29.5 Å². The Bertz CT molecular complexity index is 2440. The Labute approximate surface area is 342 Å². The number of amides is 4. The molecule has 2 N–H and O–H groups in total. The van der Waals surface area contributed by atoms with E-state index in [4.69, 9.17) is 39.5 Å². The zero-order chi connectivity index (χ0) is 41.6. The quantitative estimate of drug-likeness (QED) is 0.108. The number of ether oxygens (including phenoxy) is 1. The Kier molecular flexibility index (Phi) is 9.64. The van der Waals surface area contributed by atoms with E-state index in [-0.39, 0.29) is 40.1 Å². The van der Waals surface area contributed by atoms with Crippen molar-refractivity contribution >= 4 is 69.9 Å². The third-order valence-electron chi connectivity index (χ3n) is 11.6. The number of benzene rings is 3. The first-order chi connectivity index (χ1) is 27.5. The summed E-state index contributed by atoms with van der Waals surface area (Å²) in [5.74, 6) is -9.78. The Morgan fingerprint density at radius 3 is 2.26 bits per heavy atom. The number of hydrazine groups is 2. The maximum Gasteiger partial charge on any atom is 0.433 e. The van der Waals surface area contributed by atoms with Crippen LogP contribution in [0.3, 0.4) is 0 Å². The minimum absolute atomic E-state index is 0.0321. The van der Waals surface area contributed by atoms with E-state index in [1.165, 1.54) is 38.4 Å². The zero-order valence-corrected chi connectivity index (χ0v) is 32.5.